The molecule has 0 amide bonds. The Morgan fingerprint density at radius 1 is 1.33 bits per heavy atom. The summed E-state index contributed by atoms with van der Waals surface area (Å²) in [6, 6.07) is 8.61. The van der Waals surface area contributed by atoms with Crippen molar-refractivity contribution in [3.63, 3.8) is 0 Å². The van der Waals surface area contributed by atoms with Gasteiger partial charge in [-0.25, -0.2) is 0 Å². The Kier molecular flexibility index (Phi) is 4.51. The second-order valence-electron chi connectivity index (χ2n) is 6.58. The fourth-order valence-electron chi connectivity index (χ4n) is 3.76. The zero-order chi connectivity index (χ0) is 14.7. The fraction of sp³-hybridized carbons (Fsp3) is 0.667. The molecule has 1 aliphatic heterocycles. The van der Waals surface area contributed by atoms with E-state index in [2.05, 4.69) is 24.4 Å². The van der Waals surface area contributed by atoms with Gasteiger partial charge in [0.2, 0.25) is 0 Å². The zero-order valence-electron chi connectivity index (χ0n) is 13.2. The maximum absolute atomic E-state index is 6.35. The largest absolute Gasteiger partial charge is 0.497 e. The molecule has 1 unspecified atom stereocenters. The minimum Gasteiger partial charge on any atom is -0.497 e. The molecule has 1 aromatic carbocycles. The summed E-state index contributed by atoms with van der Waals surface area (Å²) in [6.45, 7) is 3.15. The molecule has 21 heavy (non-hydrogen) atoms. The van der Waals surface area contributed by atoms with Crippen molar-refractivity contribution in [2.75, 3.05) is 13.7 Å². The summed E-state index contributed by atoms with van der Waals surface area (Å²) in [5, 5.41) is 3.62. The molecule has 3 rings (SSSR count). The molecule has 1 aromatic rings. The quantitative estimate of drug-likeness (QED) is 0.893. The molecule has 1 saturated heterocycles. The highest BCUT2D eigenvalue weighted by molar-refractivity contribution is 5.30. The average Bonchev–Trinajstić information content (AvgIpc) is 3.15. The van der Waals surface area contributed by atoms with E-state index in [9.17, 15) is 0 Å². The molecule has 0 bridgehead atoms. The van der Waals surface area contributed by atoms with E-state index >= 15 is 0 Å². The van der Waals surface area contributed by atoms with Crippen LogP contribution in [0.4, 0.5) is 0 Å². The molecule has 0 aromatic heterocycles. The van der Waals surface area contributed by atoms with Crippen LogP contribution in [0, 0.1) is 0 Å². The molecule has 1 N–H and O–H groups in total. The first-order chi connectivity index (χ1) is 10.2. The van der Waals surface area contributed by atoms with E-state index in [0.29, 0.717) is 12.1 Å². The summed E-state index contributed by atoms with van der Waals surface area (Å²) >= 11 is 0. The number of benzene rings is 1. The van der Waals surface area contributed by atoms with Crippen molar-refractivity contribution in [1.82, 2.24) is 5.32 Å². The van der Waals surface area contributed by atoms with Crippen LogP contribution >= 0.6 is 0 Å². The first-order valence-corrected chi connectivity index (χ1v) is 8.26. The Balaban J connectivity index is 1.50. The van der Waals surface area contributed by atoms with Gasteiger partial charge >= 0.3 is 0 Å². The number of hydrogen-bond acceptors (Lipinski definition) is 3. The van der Waals surface area contributed by atoms with E-state index in [-0.39, 0.29) is 5.60 Å². The van der Waals surface area contributed by atoms with Crippen molar-refractivity contribution in [1.29, 1.82) is 0 Å². The summed E-state index contributed by atoms with van der Waals surface area (Å²) < 4.78 is 11.6. The van der Waals surface area contributed by atoms with E-state index < -0.39 is 0 Å². The predicted molar refractivity (Wildman–Crippen MR) is 84.7 cm³/mol. The maximum atomic E-state index is 6.35. The molecule has 2 fully saturated rings. The lowest BCUT2D eigenvalue weighted by molar-refractivity contribution is -0.0357. The first-order valence-electron chi connectivity index (χ1n) is 8.26. The second kappa shape index (κ2) is 6.37. The molecule has 3 heteroatoms. The Bertz CT molecular complexity index is 468. The van der Waals surface area contributed by atoms with Gasteiger partial charge < -0.3 is 14.8 Å². The Labute approximate surface area is 128 Å². The molecule has 1 saturated carbocycles. The molecule has 2 aliphatic rings. The zero-order valence-corrected chi connectivity index (χ0v) is 13.2. The second-order valence-corrected chi connectivity index (χ2v) is 6.58. The Morgan fingerprint density at radius 2 is 2.14 bits per heavy atom. The minimum atomic E-state index is 0.242. The number of methoxy groups -OCH3 is 1. The summed E-state index contributed by atoms with van der Waals surface area (Å²) in [5.74, 6) is 0.920. The summed E-state index contributed by atoms with van der Waals surface area (Å²) in [5.41, 5.74) is 1.51. The smallest absolute Gasteiger partial charge is 0.119 e. The van der Waals surface area contributed by atoms with Gasteiger partial charge in [-0.05, 0) is 50.3 Å². The van der Waals surface area contributed by atoms with Crippen molar-refractivity contribution >= 4 is 0 Å². The lowest BCUT2D eigenvalue weighted by atomic mass is 9.98. The molecule has 1 heterocycles. The molecule has 1 aliphatic carbocycles. The molecule has 0 radical (unpaired) electrons. The third kappa shape index (κ3) is 3.41. The van der Waals surface area contributed by atoms with Gasteiger partial charge in [0, 0.05) is 12.6 Å². The SMILES string of the molecule is COc1cccc([C@@H](C)NCC2CCC3(CCCC3)O2)c1. The van der Waals surface area contributed by atoms with Gasteiger partial charge in [0.05, 0.1) is 18.8 Å². The number of ether oxygens (including phenoxy) is 2. The van der Waals surface area contributed by atoms with E-state index in [1.807, 2.05) is 12.1 Å². The monoisotopic (exact) mass is 289 g/mol. The van der Waals surface area contributed by atoms with Crippen LogP contribution in [0.5, 0.6) is 5.75 Å². The van der Waals surface area contributed by atoms with Gasteiger partial charge in [0.25, 0.3) is 0 Å². The molecule has 3 nitrogen and oxygen atoms in total. The van der Waals surface area contributed by atoms with Crippen LogP contribution in [0.1, 0.15) is 57.1 Å². The number of nitrogens with one attached hydrogen (secondary N) is 1. The Morgan fingerprint density at radius 3 is 2.90 bits per heavy atom. The maximum Gasteiger partial charge on any atom is 0.119 e. The van der Waals surface area contributed by atoms with Gasteiger partial charge in [-0.3, -0.25) is 0 Å². The third-order valence-corrected chi connectivity index (χ3v) is 5.10. The molecule has 116 valence electrons. The lowest BCUT2D eigenvalue weighted by Crippen LogP contribution is -2.32. The lowest BCUT2D eigenvalue weighted by Gasteiger charge is -2.24. The summed E-state index contributed by atoms with van der Waals surface area (Å²) in [7, 11) is 1.71. The van der Waals surface area contributed by atoms with Gasteiger partial charge in [0.1, 0.15) is 5.75 Å². The van der Waals surface area contributed by atoms with Crippen molar-refractivity contribution < 1.29 is 9.47 Å². The third-order valence-electron chi connectivity index (χ3n) is 5.10. The normalized spacial score (nSPS) is 25.3. The van der Waals surface area contributed by atoms with Gasteiger partial charge in [-0.1, -0.05) is 25.0 Å². The number of rotatable bonds is 5. The van der Waals surface area contributed by atoms with E-state index in [1.54, 1.807) is 7.11 Å². The summed E-state index contributed by atoms with van der Waals surface area (Å²) in [6.07, 6.45) is 8.09. The first kappa shape index (κ1) is 14.9. The van der Waals surface area contributed by atoms with Crippen molar-refractivity contribution in [2.24, 2.45) is 0 Å². The highest BCUT2D eigenvalue weighted by atomic mass is 16.5. The van der Waals surface area contributed by atoms with Crippen LogP contribution in [-0.2, 0) is 4.74 Å². The van der Waals surface area contributed by atoms with Gasteiger partial charge in [-0.2, -0.15) is 0 Å². The van der Waals surface area contributed by atoms with Crippen LogP contribution in [0.2, 0.25) is 0 Å². The van der Waals surface area contributed by atoms with Crippen LogP contribution in [-0.4, -0.2) is 25.4 Å². The van der Waals surface area contributed by atoms with Crippen molar-refractivity contribution in [3.05, 3.63) is 29.8 Å². The van der Waals surface area contributed by atoms with Gasteiger partial charge in [0.15, 0.2) is 0 Å². The molecular formula is C18H27NO2. The van der Waals surface area contributed by atoms with Crippen LogP contribution in [0.15, 0.2) is 24.3 Å². The van der Waals surface area contributed by atoms with Crippen LogP contribution in [0.25, 0.3) is 0 Å². The fourth-order valence-corrected chi connectivity index (χ4v) is 3.76. The van der Waals surface area contributed by atoms with Crippen LogP contribution in [0.3, 0.4) is 0 Å². The van der Waals surface area contributed by atoms with E-state index in [0.717, 1.165) is 12.3 Å². The highest BCUT2D eigenvalue weighted by Gasteiger charge is 2.41. The van der Waals surface area contributed by atoms with E-state index in [1.165, 1.54) is 44.1 Å². The van der Waals surface area contributed by atoms with Crippen molar-refractivity contribution in [2.45, 2.75) is 63.2 Å². The van der Waals surface area contributed by atoms with Crippen LogP contribution < -0.4 is 10.1 Å². The molecule has 2 atom stereocenters. The predicted octanol–water partition coefficient (Wildman–Crippen LogP) is 3.84. The van der Waals surface area contributed by atoms with Gasteiger partial charge in [-0.15, -0.1) is 0 Å². The van der Waals surface area contributed by atoms with Crippen molar-refractivity contribution in [3.8, 4) is 5.75 Å². The topological polar surface area (TPSA) is 30.5 Å². The highest BCUT2D eigenvalue weighted by Crippen LogP contribution is 2.43. The number of hydrogen-bond donors (Lipinski definition) is 1. The minimum absolute atomic E-state index is 0.242. The standard InChI is InChI=1S/C18H27NO2/c1-14(15-6-5-7-16(12-15)20-2)19-13-17-8-11-18(21-17)9-3-4-10-18/h5-7,12,14,17,19H,3-4,8-11,13H2,1-2H3/t14-,17?/m1/s1. The Hall–Kier alpha value is -1.06. The molecule has 1 spiro atoms. The average molecular weight is 289 g/mol. The molecular weight excluding hydrogens is 262 g/mol. The summed E-state index contributed by atoms with van der Waals surface area (Å²) in [4.78, 5) is 0. The van der Waals surface area contributed by atoms with E-state index in [4.69, 9.17) is 9.47 Å².